The minimum absolute atomic E-state index is 0. The van der Waals surface area contributed by atoms with Gasteiger partial charge < -0.3 is 11.1 Å². The highest BCUT2D eigenvalue weighted by atomic mass is 35.5. The van der Waals surface area contributed by atoms with Gasteiger partial charge in [-0.2, -0.15) is 0 Å². The van der Waals surface area contributed by atoms with Crippen molar-refractivity contribution in [2.45, 2.75) is 25.3 Å². The van der Waals surface area contributed by atoms with E-state index in [1.54, 1.807) is 0 Å². The molecular formula is C20H26ClN3O. The zero-order valence-corrected chi connectivity index (χ0v) is 15.3. The van der Waals surface area contributed by atoms with Crippen LogP contribution in [0.25, 0.3) is 0 Å². The van der Waals surface area contributed by atoms with Crippen LogP contribution < -0.4 is 11.1 Å². The first kappa shape index (κ1) is 19.4. The number of nitrogens with zero attached hydrogens (tertiary/aromatic N) is 1. The molecule has 1 heterocycles. The van der Waals surface area contributed by atoms with Crippen molar-refractivity contribution in [1.29, 1.82) is 0 Å². The Morgan fingerprint density at radius 2 is 1.80 bits per heavy atom. The first-order valence-electron chi connectivity index (χ1n) is 8.57. The fraction of sp³-hybridized carbons (Fsp3) is 0.350. The molecule has 1 saturated heterocycles. The maximum Gasteiger partial charge on any atom is 0.238 e. The summed E-state index contributed by atoms with van der Waals surface area (Å²) in [5, 5.41) is 2.97. The summed E-state index contributed by atoms with van der Waals surface area (Å²) < 4.78 is 0. The van der Waals surface area contributed by atoms with Crippen LogP contribution in [0.15, 0.2) is 54.6 Å². The van der Waals surface area contributed by atoms with Crippen LogP contribution in [0.1, 0.15) is 24.0 Å². The second-order valence-electron chi connectivity index (χ2n) is 6.47. The zero-order chi connectivity index (χ0) is 16.9. The van der Waals surface area contributed by atoms with Crippen molar-refractivity contribution in [3.8, 4) is 0 Å². The third kappa shape index (κ3) is 5.05. The first-order valence-corrected chi connectivity index (χ1v) is 8.57. The number of anilines is 1. The van der Waals surface area contributed by atoms with Gasteiger partial charge in [0.2, 0.25) is 5.91 Å². The average molecular weight is 360 g/mol. The molecule has 0 spiro atoms. The number of nitrogens with one attached hydrogen (secondary N) is 1. The second kappa shape index (κ2) is 8.99. The van der Waals surface area contributed by atoms with Crippen molar-refractivity contribution in [2.75, 3.05) is 25.0 Å². The SMILES string of the molecule is CCc1ccc(NC(=O)CN2C[C@@H](N)[C@H](c3ccccc3)C2)cc1.Cl. The van der Waals surface area contributed by atoms with Gasteiger partial charge in [0.05, 0.1) is 6.54 Å². The van der Waals surface area contributed by atoms with E-state index in [1.165, 1.54) is 11.1 Å². The Balaban J connectivity index is 0.00000225. The quantitative estimate of drug-likeness (QED) is 0.862. The van der Waals surface area contributed by atoms with Crippen molar-refractivity contribution >= 4 is 24.0 Å². The molecule has 2 atom stereocenters. The second-order valence-corrected chi connectivity index (χ2v) is 6.47. The van der Waals surface area contributed by atoms with Gasteiger partial charge in [-0.25, -0.2) is 0 Å². The van der Waals surface area contributed by atoms with Gasteiger partial charge in [0.15, 0.2) is 0 Å². The highest BCUT2D eigenvalue weighted by Crippen LogP contribution is 2.26. The molecule has 4 nitrogen and oxygen atoms in total. The lowest BCUT2D eigenvalue weighted by atomic mass is 9.95. The van der Waals surface area contributed by atoms with E-state index in [-0.39, 0.29) is 24.4 Å². The molecule has 1 amide bonds. The maximum atomic E-state index is 12.3. The minimum Gasteiger partial charge on any atom is -0.326 e. The summed E-state index contributed by atoms with van der Waals surface area (Å²) in [6, 6.07) is 18.4. The number of rotatable bonds is 5. The molecule has 0 unspecified atom stereocenters. The summed E-state index contributed by atoms with van der Waals surface area (Å²) in [6.07, 6.45) is 1.00. The molecule has 0 saturated carbocycles. The summed E-state index contributed by atoms with van der Waals surface area (Å²) in [4.78, 5) is 14.4. The van der Waals surface area contributed by atoms with E-state index < -0.39 is 0 Å². The van der Waals surface area contributed by atoms with Crippen LogP contribution in [-0.2, 0) is 11.2 Å². The number of carbonyl (C=O) groups excluding carboxylic acids is 1. The van der Waals surface area contributed by atoms with Crippen LogP contribution in [-0.4, -0.2) is 36.5 Å². The zero-order valence-electron chi connectivity index (χ0n) is 14.5. The van der Waals surface area contributed by atoms with Crippen LogP contribution in [0.4, 0.5) is 5.69 Å². The van der Waals surface area contributed by atoms with Crippen molar-refractivity contribution in [1.82, 2.24) is 4.90 Å². The minimum atomic E-state index is 0. The molecule has 0 aliphatic carbocycles. The average Bonchev–Trinajstić information content (AvgIpc) is 2.96. The lowest BCUT2D eigenvalue weighted by molar-refractivity contribution is -0.117. The molecule has 25 heavy (non-hydrogen) atoms. The van der Waals surface area contributed by atoms with Crippen molar-refractivity contribution in [3.63, 3.8) is 0 Å². The monoisotopic (exact) mass is 359 g/mol. The Hall–Kier alpha value is -1.88. The van der Waals surface area contributed by atoms with Gasteiger partial charge >= 0.3 is 0 Å². The summed E-state index contributed by atoms with van der Waals surface area (Å²) >= 11 is 0. The van der Waals surface area contributed by atoms with Crippen LogP contribution in [0, 0.1) is 0 Å². The topological polar surface area (TPSA) is 58.4 Å². The van der Waals surface area contributed by atoms with Crippen LogP contribution >= 0.6 is 12.4 Å². The van der Waals surface area contributed by atoms with Crippen LogP contribution in [0.5, 0.6) is 0 Å². The van der Waals surface area contributed by atoms with Gasteiger partial charge in [-0.3, -0.25) is 9.69 Å². The molecule has 3 N–H and O–H groups in total. The normalized spacial score (nSPS) is 20.1. The van der Waals surface area contributed by atoms with E-state index in [0.717, 1.165) is 25.2 Å². The molecule has 3 rings (SSSR count). The predicted molar refractivity (Wildman–Crippen MR) is 105 cm³/mol. The van der Waals surface area contributed by atoms with Gasteiger partial charge in [0, 0.05) is 30.7 Å². The molecule has 1 aliphatic rings. The molecule has 0 aromatic heterocycles. The summed E-state index contributed by atoms with van der Waals surface area (Å²) in [6.45, 7) is 4.08. The Morgan fingerprint density at radius 1 is 1.12 bits per heavy atom. The smallest absolute Gasteiger partial charge is 0.238 e. The van der Waals surface area contributed by atoms with Gasteiger partial charge in [0.25, 0.3) is 0 Å². The third-order valence-corrected chi connectivity index (χ3v) is 4.68. The lowest BCUT2D eigenvalue weighted by Gasteiger charge is -2.16. The lowest BCUT2D eigenvalue weighted by Crippen LogP contribution is -2.33. The summed E-state index contributed by atoms with van der Waals surface area (Å²) in [5.41, 5.74) is 9.66. The number of aryl methyl sites for hydroxylation is 1. The van der Waals surface area contributed by atoms with Gasteiger partial charge in [0.1, 0.15) is 0 Å². The Kier molecular flexibility index (Phi) is 7.00. The molecule has 2 aromatic carbocycles. The van der Waals surface area contributed by atoms with Crippen molar-refractivity contribution in [3.05, 3.63) is 65.7 Å². The highest BCUT2D eigenvalue weighted by molar-refractivity contribution is 5.92. The van der Waals surface area contributed by atoms with E-state index in [9.17, 15) is 4.79 Å². The Labute approximate surface area is 155 Å². The number of nitrogens with two attached hydrogens (primary N) is 1. The number of benzene rings is 2. The maximum absolute atomic E-state index is 12.3. The molecule has 1 fully saturated rings. The van der Waals surface area contributed by atoms with Gasteiger partial charge in [-0.05, 0) is 29.7 Å². The largest absolute Gasteiger partial charge is 0.326 e. The number of hydrogen-bond acceptors (Lipinski definition) is 3. The molecule has 2 aromatic rings. The van der Waals surface area contributed by atoms with E-state index >= 15 is 0 Å². The molecule has 0 radical (unpaired) electrons. The van der Waals surface area contributed by atoms with E-state index in [1.807, 2.05) is 42.5 Å². The molecule has 5 heteroatoms. The standard InChI is InChI=1S/C20H25N3O.ClH/c1-2-15-8-10-17(11-9-15)22-20(24)14-23-12-18(19(21)13-23)16-6-4-3-5-7-16;/h3-11,18-19H,2,12-14,21H2,1H3,(H,22,24);1H/t18-,19+;/m0./s1. The Morgan fingerprint density at radius 3 is 2.44 bits per heavy atom. The molecule has 0 bridgehead atoms. The highest BCUT2D eigenvalue weighted by Gasteiger charge is 2.31. The molecule has 134 valence electrons. The van der Waals surface area contributed by atoms with Gasteiger partial charge in [-0.1, -0.05) is 49.4 Å². The summed E-state index contributed by atoms with van der Waals surface area (Å²) in [5.74, 6) is 0.308. The van der Waals surface area contributed by atoms with Crippen LogP contribution in [0.3, 0.4) is 0 Å². The Bertz CT molecular complexity index is 675. The molecule has 1 aliphatic heterocycles. The number of likely N-dealkylation sites (tertiary alicyclic amines) is 1. The number of carbonyl (C=O) groups is 1. The van der Waals surface area contributed by atoms with E-state index in [2.05, 4.69) is 29.3 Å². The fourth-order valence-electron chi connectivity index (χ4n) is 3.32. The predicted octanol–water partition coefficient (Wildman–Crippen LogP) is 3.04. The molecular weight excluding hydrogens is 334 g/mol. The van der Waals surface area contributed by atoms with Crippen LogP contribution in [0.2, 0.25) is 0 Å². The number of amides is 1. The number of halogens is 1. The third-order valence-electron chi connectivity index (χ3n) is 4.68. The van der Waals surface area contributed by atoms with E-state index in [4.69, 9.17) is 5.73 Å². The van der Waals surface area contributed by atoms with Crippen molar-refractivity contribution in [2.24, 2.45) is 5.73 Å². The number of hydrogen-bond donors (Lipinski definition) is 2. The fourth-order valence-corrected chi connectivity index (χ4v) is 3.32. The van der Waals surface area contributed by atoms with Crippen molar-refractivity contribution < 1.29 is 4.79 Å². The van der Waals surface area contributed by atoms with E-state index in [0.29, 0.717) is 12.5 Å². The summed E-state index contributed by atoms with van der Waals surface area (Å²) in [7, 11) is 0. The van der Waals surface area contributed by atoms with Gasteiger partial charge in [-0.15, -0.1) is 12.4 Å². The first-order chi connectivity index (χ1) is 11.7.